The van der Waals surface area contributed by atoms with Gasteiger partial charge in [0, 0.05) is 19.7 Å². The third-order valence-electron chi connectivity index (χ3n) is 5.62. The summed E-state index contributed by atoms with van der Waals surface area (Å²) in [6.45, 7) is 2.62. The molecule has 0 aliphatic carbocycles. The molecule has 1 fully saturated rings. The zero-order chi connectivity index (χ0) is 20.6. The highest BCUT2D eigenvalue weighted by Gasteiger charge is 2.35. The van der Waals surface area contributed by atoms with Crippen LogP contribution in [0.5, 0.6) is 0 Å². The first-order chi connectivity index (χ1) is 14.0. The van der Waals surface area contributed by atoms with Crippen molar-refractivity contribution in [3.8, 4) is 0 Å². The van der Waals surface area contributed by atoms with E-state index in [9.17, 15) is 20.4 Å². The van der Waals surface area contributed by atoms with Gasteiger partial charge in [-0.15, -0.1) is 0 Å². The Kier molecular flexibility index (Phi) is 8.41. The van der Waals surface area contributed by atoms with Crippen LogP contribution < -0.4 is 0 Å². The summed E-state index contributed by atoms with van der Waals surface area (Å²) in [7, 11) is 0. The average molecular weight is 404 g/mol. The Morgan fingerprint density at radius 3 is 2.17 bits per heavy atom. The van der Waals surface area contributed by atoms with Crippen LogP contribution in [0, 0.1) is 0 Å². The lowest BCUT2D eigenvalue weighted by atomic mass is 10.1. The number of aliphatic hydroxyl groups excluding tert-OH is 4. The Balaban J connectivity index is 1.27. The molecular weight excluding hydrogens is 370 g/mol. The number of aliphatic hydroxyl groups is 4. The van der Waals surface area contributed by atoms with Crippen molar-refractivity contribution in [2.45, 2.75) is 56.7 Å². The third-order valence-corrected chi connectivity index (χ3v) is 5.62. The van der Waals surface area contributed by atoms with Crippen molar-refractivity contribution in [1.29, 1.82) is 0 Å². The number of unbranched alkanes of at least 4 members (excludes halogenated alkanes) is 3. The molecule has 2 aromatic carbocycles. The number of hydrogen-bond acceptors (Lipinski definition) is 6. The minimum atomic E-state index is -1.30. The van der Waals surface area contributed by atoms with Gasteiger partial charge in [0.1, 0.15) is 12.2 Å². The number of fused-ring (bicyclic) bond motifs is 1. The van der Waals surface area contributed by atoms with Crippen LogP contribution in [-0.2, 0) is 11.3 Å². The van der Waals surface area contributed by atoms with Gasteiger partial charge in [0.2, 0.25) is 0 Å². The molecule has 6 heteroatoms. The summed E-state index contributed by atoms with van der Waals surface area (Å²) < 4.78 is 5.80. The fourth-order valence-corrected chi connectivity index (χ4v) is 3.87. The van der Waals surface area contributed by atoms with E-state index >= 15 is 0 Å². The monoisotopic (exact) mass is 403 g/mol. The lowest BCUT2D eigenvalue weighted by Crippen LogP contribution is -2.43. The zero-order valence-corrected chi connectivity index (χ0v) is 16.9. The molecule has 0 saturated carbocycles. The Labute approximate surface area is 172 Å². The van der Waals surface area contributed by atoms with E-state index < -0.39 is 24.4 Å². The molecule has 6 nitrogen and oxygen atoms in total. The molecule has 160 valence electrons. The van der Waals surface area contributed by atoms with Gasteiger partial charge >= 0.3 is 0 Å². The number of ether oxygens (including phenoxy) is 1. The molecule has 29 heavy (non-hydrogen) atoms. The van der Waals surface area contributed by atoms with Gasteiger partial charge in [-0.2, -0.15) is 0 Å². The predicted octanol–water partition coefficient (Wildman–Crippen LogP) is 1.68. The zero-order valence-electron chi connectivity index (χ0n) is 16.9. The molecule has 2 aromatic rings. The van der Waals surface area contributed by atoms with E-state index in [0.717, 1.165) is 38.8 Å². The maximum atomic E-state index is 9.89. The molecule has 0 spiro atoms. The van der Waals surface area contributed by atoms with E-state index in [1.807, 2.05) is 17.0 Å². The quantitative estimate of drug-likeness (QED) is 0.476. The fourth-order valence-electron chi connectivity index (χ4n) is 3.87. The summed E-state index contributed by atoms with van der Waals surface area (Å²) in [5, 5.41) is 41.7. The van der Waals surface area contributed by atoms with Crippen LogP contribution in [0.2, 0.25) is 0 Å². The number of nitrogens with zero attached hydrogens (tertiary/aromatic N) is 1. The average Bonchev–Trinajstić information content (AvgIpc) is 2.82. The number of likely N-dealkylation sites (tertiary alicyclic amines) is 1. The molecule has 0 radical (unpaired) electrons. The van der Waals surface area contributed by atoms with Crippen molar-refractivity contribution in [1.82, 2.24) is 4.90 Å². The topological polar surface area (TPSA) is 93.4 Å². The van der Waals surface area contributed by atoms with Crippen molar-refractivity contribution in [2.75, 3.05) is 26.2 Å². The van der Waals surface area contributed by atoms with Crippen LogP contribution in [0.25, 0.3) is 10.8 Å². The van der Waals surface area contributed by atoms with Crippen molar-refractivity contribution in [2.24, 2.45) is 0 Å². The van der Waals surface area contributed by atoms with E-state index in [-0.39, 0.29) is 13.1 Å². The van der Waals surface area contributed by atoms with E-state index in [1.165, 1.54) is 16.3 Å². The Hall–Kier alpha value is -1.54. The molecule has 3 rings (SSSR count). The second kappa shape index (κ2) is 11.0. The van der Waals surface area contributed by atoms with E-state index in [2.05, 4.69) is 30.3 Å². The lowest BCUT2D eigenvalue weighted by molar-refractivity contribution is -0.0894. The first kappa shape index (κ1) is 22.2. The molecular formula is C23H33NO5. The van der Waals surface area contributed by atoms with Crippen LogP contribution in [-0.4, -0.2) is 76.0 Å². The van der Waals surface area contributed by atoms with Crippen molar-refractivity contribution < 1.29 is 25.2 Å². The molecule has 1 saturated heterocycles. The van der Waals surface area contributed by atoms with Gasteiger partial charge in [0.25, 0.3) is 0 Å². The summed E-state index contributed by atoms with van der Waals surface area (Å²) in [4.78, 5) is 1.91. The minimum Gasteiger partial charge on any atom is -0.389 e. The van der Waals surface area contributed by atoms with Crippen LogP contribution >= 0.6 is 0 Å². The highest BCUT2D eigenvalue weighted by molar-refractivity contribution is 5.82. The van der Waals surface area contributed by atoms with Crippen molar-refractivity contribution >= 4 is 10.8 Å². The molecule has 1 heterocycles. The molecule has 1 aliphatic heterocycles. The Morgan fingerprint density at radius 2 is 1.45 bits per heavy atom. The third kappa shape index (κ3) is 6.47. The van der Waals surface area contributed by atoms with Crippen molar-refractivity contribution in [3.63, 3.8) is 0 Å². The highest BCUT2D eigenvalue weighted by Crippen LogP contribution is 2.17. The van der Waals surface area contributed by atoms with E-state index in [1.54, 1.807) is 0 Å². The predicted molar refractivity (Wildman–Crippen MR) is 113 cm³/mol. The first-order valence-corrected chi connectivity index (χ1v) is 10.5. The van der Waals surface area contributed by atoms with Gasteiger partial charge in [0.05, 0.1) is 18.8 Å². The maximum absolute atomic E-state index is 9.89. The number of hydrogen-bond donors (Lipinski definition) is 4. The molecule has 0 aromatic heterocycles. The maximum Gasteiger partial charge on any atom is 0.110 e. The number of β-amino-alcohol motifs (C(OH)–C–C–N with tert-alkyl or cyclic N) is 2. The van der Waals surface area contributed by atoms with Gasteiger partial charge in [-0.3, -0.25) is 4.90 Å². The van der Waals surface area contributed by atoms with E-state index in [0.29, 0.717) is 6.61 Å². The molecule has 4 N–H and O–H groups in total. The Bertz CT molecular complexity index is 739. The van der Waals surface area contributed by atoms with Crippen LogP contribution in [0.4, 0.5) is 0 Å². The number of rotatable bonds is 9. The standard InChI is InChI=1S/C23H33NO5/c25-20-14-24(15-21(26)23(28)22(20)27)11-5-1-2-6-12-29-16-17-9-10-18-7-3-4-8-19(18)13-17/h3-4,7-10,13,20-23,25-28H,1-2,5-6,11-12,14-16H2/t20-,21-,22+,23+/m0/s1. The van der Waals surface area contributed by atoms with Crippen molar-refractivity contribution in [3.05, 3.63) is 48.0 Å². The lowest BCUT2D eigenvalue weighted by Gasteiger charge is -2.23. The minimum absolute atomic E-state index is 0.268. The van der Waals surface area contributed by atoms with Crippen LogP contribution in [0.3, 0.4) is 0 Å². The first-order valence-electron chi connectivity index (χ1n) is 10.5. The SMILES string of the molecule is O[C@H]1[C@H](O)[C@@H](O)CN(CCCCCCOCc2ccc3ccccc3c2)C[C@@H]1O. The van der Waals surface area contributed by atoms with E-state index in [4.69, 9.17) is 4.74 Å². The highest BCUT2D eigenvalue weighted by atomic mass is 16.5. The molecule has 4 atom stereocenters. The summed E-state index contributed by atoms with van der Waals surface area (Å²) in [5.74, 6) is 0. The summed E-state index contributed by atoms with van der Waals surface area (Å²) in [6.07, 6.45) is -0.637. The number of benzene rings is 2. The molecule has 0 unspecified atom stereocenters. The normalized spacial score (nSPS) is 25.9. The van der Waals surface area contributed by atoms with Crippen LogP contribution in [0.15, 0.2) is 42.5 Å². The summed E-state index contributed by atoms with van der Waals surface area (Å²) in [6, 6.07) is 14.7. The summed E-state index contributed by atoms with van der Waals surface area (Å²) in [5.41, 5.74) is 1.19. The van der Waals surface area contributed by atoms with Crippen LogP contribution in [0.1, 0.15) is 31.2 Å². The second-order valence-electron chi connectivity index (χ2n) is 8.02. The summed E-state index contributed by atoms with van der Waals surface area (Å²) >= 11 is 0. The molecule has 0 bridgehead atoms. The van der Waals surface area contributed by atoms with Gasteiger partial charge in [-0.25, -0.2) is 0 Å². The second-order valence-corrected chi connectivity index (χ2v) is 8.02. The van der Waals surface area contributed by atoms with Gasteiger partial charge in [-0.1, -0.05) is 49.2 Å². The largest absolute Gasteiger partial charge is 0.389 e. The fraction of sp³-hybridized carbons (Fsp3) is 0.565. The van der Waals surface area contributed by atoms with Gasteiger partial charge in [0.15, 0.2) is 0 Å². The van der Waals surface area contributed by atoms with Gasteiger partial charge < -0.3 is 25.2 Å². The van der Waals surface area contributed by atoms with Gasteiger partial charge in [-0.05, 0) is 41.8 Å². The smallest absolute Gasteiger partial charge is 0.110 e. The Morgan fingerprint density at radius 1 is 0.793 bits per heavy atom. The molecule has 0 amide bonds. The molecule has 1 aliphatic rings.